The zero-order valence-electron chi connectivity index (χ0n) is 21.8. The Hall–Kier alpha value is -2.75. The number of amides is 1. The summed E-state index contributed by atoms with van der Waals surface area (Å²) in [6.07, 6.45) is 2.95. The summed E-state index contributed by atoms with van der Waals surface area (Å²) in [5.41, 5.74) is 3.50. The molecule has 9 heteroatoms. The zero-order chi connectivity index (χ0) is 26.2. The Balaban J connectivity index is 1.95. The van der Waals surface area contributed by atoms with Crippen LogP contribution in [0.15, 0.2) is 30.2 Å². The van der Waals surface area contributed by atoms with Crippen molar-refractivity contribution < 1.29 is 24.1 Å². The summed E-state index contributed by atoms with van der Waals surface area (Å²) in [5.74, 6) is 0.985. The lowest BCUT2D eigenvalue weighted by atomic mass is 9.93. The highest BCUT2D eigenvalue weighted by Gasteiger charge is 2.39. The molecule has 1 saturated heterocycles. The highest BCUT2D eigenvalue weighted by molar-refractivity contribution is 8.01. The molecule has 1 aromatic carbocycles. The Morgan fingerprint density at radius 3 is 2.72 bits per heavy atom. The molecule has 0 saturated carbocycles. The summed E-state index contributed by atoms with van der Waals surface area (Å²) in [5, 5.41) is 17.7. The van der Waals surface area contributed by atoms with Gasteiger partial charge >= 0.3 is 0 Å². The van der Waals surface area contributed by atoms with Gasteiger partial charge in [-0.1, -0.05) is 20.4 Å². The van der Waals surface area contributed by atoms with E-state index in [1.54, 1.807) is 23.9 Å². The van der Waals surface area contributed by atoms with Gasteiger partial charge in [0, 0.05) is 29.3 Å². The van der Waals surface area contributed by atoms with Crippen LogP contribution in [0, 0.1) is 5.92 Å². The number of hydrogen-bond donors (Lipinski definition) is 1. The third-order valence-corrected chi connectivity index (χ3v) is 7.16. The summed E-state index contributed by atoms with van der Waals surface area (Å²) in [7, 11) is 1.58. The molecule has 1 amide bonds. The minimum atomic E-state index is -0.733. The first-order chi connectivity index (χ1) is 17.1. The van der Waals surface area contributed by atoms with Crippen molar-refractivity contribution in [1.82, 2.24) is 14.7 Å². The van der Waals surface area contributed by atoms with Crippen LogP contribution < -0.4 is 9.47 Å². The number of benzene rings is 1. The first kappa shape index (κ1) is 26.3. The quantitative estimate of drug-likeness (QED) is 0.535. The number of morpholine rings is 1. The molecule has 8 nitrogen and oxygen atoms in total. The first-order valence-electron chi connectivity index (χ1n) is 12.0. The summed E-state index contributed by atoms with van der Waals surface area (Å²) >= 11 is 1.53. The third kappa shape index (κ3) is 4.55. The number of rotatable bonds is 7. The fraction of sp³-hybridized carbons (Fsp3) is 0.481. The van der Waals surface area contributed by atoms with Crippen LogP contribution in [0.4, 0.5) is 0 Å². The van der Waals surface area contributed by atoms with Crippen molar-refractivity contribution in [2.45, 2.75) is 45.9 Å². The lowest BCUT2D eigenvalue weighted by Crippen LogP contribution is -2.55. The van der Waals surface area contributed by atoms with Gasteiger partial charge in [0.2, 0.25) is 0 Å². The molecule has 0 aliphatic carbocycles. The van der Waals surface area contributed by atoms with Gasteiger partial charge in [0.05, 0.1) is 43.4 Å². The van der Waals surface area contributed by atoms with Crippen molar-refractivity contribution in [1.29, 1.82) is 0 Å². The predicted molar refractivity (Wildman–Crippen MR) is 142 cm³/mol. The number of fused-ring (bicyclic) bond motifs is 3. The highest BCUT2D eigenvalue weighted by Crippen LogP contribution is 2.46. The van der Waals surface area contributed by atoms with Gasteiger partial charge in [-0.25, -0.2) is 4.68 Å². The van der Waals surface area contributed by atoms with Crippen LogP contribution in [0.2, 0.25) is 0 Å². The third-order valence-electron chi connectivity index (χ3n) is 6.68. The van der Waals surface area contributed by atoms with Crippen molar-refractivity contribution in [3.63, 3.8) is 0 Å². The molecule has 194 valence electrons. The number of aliphatic hydroxyl groups excluding tert-OH is 1. The van der Waals surface area contributed by atoms with Crippen LogP contribution in [-0.2, 0) is 11.3 Å². The van der Waals surface area contributed by atoms with Gasteiger partial charge in [0.15, 0.2) is 5.69 Å². The number of methoxy groups -OCH3 is 1. The molecule has 1 aromatic heterocycles. The average Bonchev–Trinajstić information content (AvgIpc) is 3.25. The van der Waals surface area contributed by atoms with E-state index in [1.165, 1.54) is 11.8 Å². The van der Waals surface area contributed by atoms with Gasteiger partial charge in [0.25, 0.3) is 5.91 Å². The summed E-state index contributed by atoms with van der Waals surface area (Å²) in [6, 6.07) is 3.69. The van der Waals surface area contributed by atoms with Crippen molar-refractivity contribution in [2.24, 2.45) is 5.92 Å². The Labute approximate surface area is 216 Å². The number of thioether (sulfide) groups is 1. The normalized spacial score (nSPS) is 17.8. The second kappa shape index (κ2) is 10.3. The second-order valence-electron chi connectivity index (χ2n) is 9.96. The average molecular weight is 514 g/mol. The number of carbonyl (C=O) groups excluding carboxylic acids is 1. The lowest BCUT2D eigenvalue weighted by Gasteiger charge is -2.41. The van der Waals surface area contributed by atoms with Crippen LogP contribution in [0.3, 0.4) is 0 Å². The number of carbonyl (C=O) groups is 1. The number of aliphatic hydroxyl groups is 1. The van der Waals surface area contributed by atoms with Crippen LogP contribution >= 0.6 is 11.8 Å². The molecule has 2 aromatic rings. The lowest BCUT2D eigenvalue weighted by molar-refractivity contribution is -0.0374. The first-order valence-corrected chi connectivity index (χ1v) is 13.3. The van der Waals surface area contributed by atoms with Gasteiger partial charge < -0.3 is 24.2 Å². The molecule has 1 unspecified atom stereocenters. The van der Waals surface area contributed by atoms with E-state index in [9.17, 15) is 9.90 Å². The van der Waals surface area contributed by atoms with E-state index >= 15 is 0 Å². The fourth-order valence-corrected chi connectivity index (χ4v) is 5.13. The number of allylic oxidation sites excluding steroid dienone is 2. The number of hydrogen-bond acceptors (Lipinski definition) is 7. The van der Waals surface area contributed by atoms with Gasteiger partial charge in [-0.2, -0.15) is 5.10 Å². The summed E-state index contributed by atoms with van der Waals surface area (Å²) in [6.45, 7) is 13.5. The SMILES string of the molecule is C=C/C(=C\SC)n1nc(C(=O)N2CCOCC2(C)C)c2c1-c1cc(C(O)C(C)C)c(OC)cc1OC2. The molecule has 0 radical (unpaired) electrons. The molecular formula is C27H35N3O5S. The standard InChI is InChI=1S/C27H35N3O5S/c1-8-17(14-36-7)30-24-18-11-19(25(31)16(2)3)21(33-6)12-22(18)35-13-20(24)23(28-30)26(32)29-9-10-34-15-27(29,4)5/h8,11-12,14,16,25,31H,1,9-10,13,15H2,2-7H3/b17-14+. The Morgan fingerprint density at radius 2 is 2.11 bits per heavy atom. The fourth-order valence-electron chi connectivity index (χ4n) is 4.69. The van der Waals surface area contributed by atoms with E-state index in [2.05, 4.69) is 6.58 Å². The van der Waals surface area contributed by atoms with Crippen LogP contribution in [0.1, 0.15) is 55.4 Å². The molecule has 36 heavy (non-hydrogen) atoms. The monoisotopic (exact) mass is 513 g/mol. The number of aromatic nitrogens is 2. The maximum atomic E-state index is 13.9. The van der Waals surface area contributed by atoms with Crippen LogP contribution in [0.5, 0.6) is 11.5 Å². The predicted octanol–water partition coefficient (Wildman–Crippen LogP) is 4.74. The maximum absolute atomic E-state index is 13.9. The van der Waals surface area contributed by atoms with E-state index in [-0.39, 0.29) is 18.4 Å². The van der Waals surface area contributed by atoms with Crippen molar-refractivity contribution in [3.8, 4) is 22.8 Å². The minimum Gasteiger partial charge on any atom is -0.496 e. The smallest absolute Gasteiger partial charge is 0.275 e. The van der Waals surface area contributed by atoms with Gasteiger partial charge in [-0.15, -0.1) is 11.8 Å². The van der Waals surface area contributed by atoms with Crippen molar-refractivity contribution in [3.05, 3.63) is 47.0 Å². The molecule has 2 aliphatic heterocycles. The Morgan fingerprint density at radius 1 is 1.36 bits per heavy atom. The van der Waals surface area contributed by atoms with Crippen LogP contribution in [0.25, 0.3) is 17.0 Å². The molecule has 2 aliphatic rings. The van der Waals surface area contributed by atoms with E-state index in [0.717, 1.165) is 17.0 Å². The largest absolute Gasteiger partial charge is 0.496 e. The second-order valence-corrected chi connectivity index (χ2v) is 10.7. The van der Waals surface area contributed by atoms with E-state index in [0.29, 0.717) is 48.1 Å². The van der Waals surface area contributed by atoms with Crippen molar-refractivity contribution in [2.75, 3.05) is 33.1 Å². The molecule has 0 bridgehead atoms. The van der Waals surface area contributed by atoms with Gasteiger partial charge in [-0.3, -0.25) is 4.79 Å². The molecule has 1 N–H and O–H groups in total. The van der Waals surface area contributed by atoms with E-state index in [4.69, 9.17) is 19.3 Å². The van der Waals surface area contributed by atoms with Gasteiger partial charge in [-0.05, 0) is 43.6 Å². The summed E-state index contributed by atoms with van der Waals surface area (Å²) < 4.78 is 19.1. The minimum absolute atomic E-state index is 0.0216. The van der Waals surface area contributed by atoms with E-state index < -0.39 is 11.6 Å². The molecule has 4 rings (SSSR count). The van der Waals surface area contributed by atoms with Crippen LogP contribution in [-0.4, -0.2) is 64.4 Å². The highest BCUT2D eigenvalue weighted by atomic mass is 32.2. The Kier molecular flexibility index (Phi) is 7.54. The van der Waals surface area contributed by atoms with E-state index in [1.807, 2.05) is 50.3 Å². The molecule has 1 atom stereocenters. The molecule has 0 spiro atoms. The molecular weight excluding hydrogens is 478 g/mol. The number of nitrogens with zero attached hydrogens (tertiary/aromatic N) is 3. The topological polar surface area (TPSA) is 86.1 Å². The number of ether oxygens (including phenoxy) is 3. The van der Waals surface area contributed by atoms with Gasteiger partial charge in [0.1, 0.15) is 18.1 Å². The zero-order valence-corrected chi connectivity index (χ0v) is 22.6. The van der Waals surface area contributed by atoms with Crippen molar-refractivity contribution >= 4 is 23.4 Å². The Bertz CT molecular complexity index is 1200. The maximum Gasteiger partial charge on any atom is 0.275 e. The summed E-state index contributed by atoms with van der Waals surface area (Å²) in [4.78, 5) is 15.7. The molecule has 3 heterocycles. The molecule has 1 fully saturated rings.